The fourth-order valence-electron chi connectivity index (χ4n) is 2.50. The van der Waals surface area contributed by atoms with E-state index >= 15 is 0 Å². The second kappa shape index (κ2) is 3.11. The first-order valence-corrected chi connectivity index (χ1v) is 4.79. The van der Waals surface area contributed by atoms with Crippen molar-refractivity contribution in [3.05, 3.63) is 0 Å². The predicted octanol–water partition coefficient (Wildman–Crippen LogP) is 0.899. The number of fused-ring (bicyclic) bond motifs is 1. The Morgan fingerprint density at radius 2 is 1.91 bits per heavy atom. The molecular weight excluding hydrogens is 138 g/mol. The van der Waals surface area contributed by atoms with Crippen LogP contribution in [0.3, 0.4) is 0 Å². The summed E-state index contributed by atoms with van der Waals surface area (Å²) in [7, 11) is 0. The van der Waals surface area contributed by atoms with Gasteiger partial charge in [-0.05, 0) is 25.8 Å². The van der Waals surface area contributed by atoms with Gasteiger partial charge < -0.3 is 10.4 Å². The average molecular weight is 155 g/mol. The third-order valence-electron chi connectivity index (χ3n) is 3.16. The molecule has 11 heavy (non-hydrogen) atoms. The lowest BCUT2D eigenvalue weighted by atomic mass is 9.78. The zero-order valence-electron chi connectivity index (χ0n) is 6.92. The first-order valence-electron chi connectivity index (χ1n) is 4.79. The van der Waals surface area contributed by atoms with Crippen molar-refractivity contribution in [3.8, 4) is 0 Å². The molecule has 2 aliphatic rings. The molecule has 1 heterocycles. The zero-order chi connectivity index (χ0) is 7.68. The highest BCUT2D eigenvalue weighted by molar-refractivity contribution is 4.89. The predicted molar refractivity (Wildman–Crippen MR) is 44.4 cm³/mol. The zero-order valence-corrected chi connectivity index (χ0v) is 6.92. The molecule has 1 aliphatic carbocycles. The van der Waals surface area contributed by atoms with Crippen molar-refractivity contribution in [1.82, 2.24) is 5.32 Å². The minimum atomic E-state index is -0.0125. The number of hydrogen-bond donors (Lipinski definition) is 2. The molecule has 1 saturated carbocycles. The second-order valence-corrected chi connectivity index (χ2v) is 3.86. The third kappa shape index (κ3) is 1.42. The summed E-state index contributed by atoms with van der Waals surface area (Å²) in [6, 6.07) is 0.632. The normalized spacial score (nSPS) is 45.0. The van der Waals surface area contributed by atoms with E-state index < -0.39 is 0 Å². The summed E-state index contributed by atoms with van der Waals surface area (Å²) in [5.41, 5.74) is 0. The van der Waals surface area contributed by atoms with Crippen LogP contribution in [0.5, 0.6) is 0 Å². The molecule has 3 atom stereocenters. The van der Waals surface area contributed by atoms with Gasteiger partial charge in [0.15, 0.2) is 0 Å². The minimum absolute atomic E-state index is 0.0125. The molecule has 1 saturated heterocycles. The molecule has 2 heteroatoms. The summed E-state index contributed by atoms with van der Waals surface area (Å²) in [6.45, 7) is 1.02. The van der Waals surface area contributed by atoms with E-state index in [1.807, 2.05) is 0 Å². The summed E-state index contributed by atoms with van der Waals surface area (Å²) in [6.07, 6.45) is 6.13. The largest absolute Gasteiger partial charge is 0.393 e. The van der Waals surface area contributed by atoms with Crippen LogP contribution >= 0.6 is 0 Å². The maximum atomic E-state index is 9.66. The van der Waals surface area contributed by atoms with Gasteiger partial charge in [0.25, 0.3) is 0 Å². The van der Waals surface area contributed by atoms with Gasteiger partial charge in [0.05, 0.1) is 6.10 Å². The summed E-state index contributed by atoms with van der Waals surface area (Å²) in [5, 5.41) is 13.2. The van der Waals surface area contributed by atoms with Gasteiger partial charge in [0.2, 0.25) is 0 Å². The van der Waals surface area contributed by atoms with Crippen LogP contribution in [0.1, 0.15) is 32.1 Å². The van der Waals surface area contributed by atoms with Crippen LogP contribution in [0, 0.1) is 5.92 Å². The lowest BCUT2D eigenvalue weighted by molar-refractivity contribution is 0.0317. The molecule has 2 rings (SSSR count). The van der Waals surface area contributed by atoms with Gasteiger partial charge in [-0.3, -0.25) is 0 Å². The number of rotatable bonds is 0. The monoisotopic (exact) mass is 155 g/mol. The number of piperidine rings is 1. The highest BCUT2D eigenvalue weighted by Crippen LogP contribution is 2.30. The molecular formula is C9H17NO. The van der Waals surface area contributed by atoms with Crippen LogP contribution in [-0.2, 0) is 0 Å². The van der Waals surface area contributed by atoms with Gasteiger partial charge in [-0.15, -0.1) is 0 Å². The maximum Gasteiger partial charge on any atom is 0.0595 e. The van der Waals surface area contributed by atoms with Crippen LogP contribution in [0.4, 0.5) is 0 Å². The molecule has 64 valence electrons. The van der Waals surface area contributed by atoms with Gasteiger partial charge >= 0.3 is 0 Å². The van der Waals surface area contributed by atoms with E-state index in [2.05, 4.69) is 5.32 Å². The van der Waals surface area contributed by atoms with Crippen LogP contribution in [-0.4, -0.2) is 23.8 Å². The van der Waals surface area contributed by atoms with E-state index in [1.54, 1.807) is 0 Å². The van der Waals surface area contributed by atoms with E-state index in [0.717, 1.165) is 13.0 Å². The molecule has 0 aromatic heterocycles. The van der Waals surface area contributed by atoms with E-state index in [9.17, 15) is 5.11 Å². The van der Waals surface area contributed by atoms with E-state index in [4.69, 9.17) is 0 Å². The number of nitrogens with one attached hydrogen (secondary N) is 1. The van der Waals surface area contributed by atoms with Crippen molar-refractivity contribution < 1.29 is 5.11 Å². The maximum absolute atomic E-state index is 9.66. The Labute approximate surface area is 68.0 Å². The van der Waals surface area contributed by atoms with Crippen molar-refractivity contribution in [2.75, 3.05) is 6.54 Å². The summed E-state index contributed by atoms with van der Waals surface area (Å²) >= 11 is 0. The summed E-state index contributed by atoms with van der Waals surface area (Å²) in [5.74, 6) is 0.567. The van der Waals surface area contributed by atoms with Gasteiger partial charge in [-0.1, -0.05) is 12.8 Å². The lowest BCUT2D eigenvalue weighted by Crippen LogP contribution is -2.49. The molecule has 0 radical (unpaired) electrons. The Bertz CT molecular complexity index is 136. The van der Waals surface area contributed by atoms with Crippen molar-refractivity contribution in [2.24, 2.45) is 5.92 Å². The van der Waals surface area contributed by atoms with E-state index in [1.165, 1.54) is 25.7 Å². The molecule has 0 spiro atoms. The quantitative estimate of drug-likeness (QED) is 0.544. The first-order chi connectivity index (χ1) is 5.38. The molecule has 0 aromatic carbocycles. The topological polar surface area (TPSA) is 32.3 Å². The Morgan fingerprint density at radius 3 is 2.73 bits per heavy atom. The Balaban J connectivity index is 1.99. The van der Waals surface area contributed by atoms with Crippen LogP contribution < -0.4 is 5.32 Å². The molecule has 2 N–H and O–H groups in total. The number of aliphatic hydroxyl groups is 1. The fourth-order valence-corrected chi connectivity index (χ4v) is 2.50. The smallest absolute Gasteiger partial charge is 0.0595 e. The molecule has 1 aliphatic heterocycles. The number of hydrogen-bond acceptors (Lipinski definition) is 2. The van der Waals surface area contributed by atoms with Gasteiger partial charge in [-0.25, -0.2) is 0 Å². The Morgan fingerprint density at radius 1 is 1.09 bits per heavy atom. The third-order valence-corrected chi connectivity index (χ3v) is 3.16. The van der Waals surface area contributed by atoms with Crippen molar-refractivity contribution >= 4 is 0 Å². The molecule has 2 nitrogen and oxygen atoms in total. The molecule has 2 fully saturated rings. The van der Waals surface area contributed by atoms with E-state index in [-0.39, 0.29) is 6.10 Å². The minimum Gasteiger partial charge on any atom is -0.393 e. The Kier molecular flexibility index (Phi) is 2.14. The van der Waals surface area contributed by atoms with Crippen LogP contribution in [0.2, 0.25) is 0 Å². The van der Waals surface area contributed by atoms with Gasteiger partial charge in [0.1, 0.15) is 0 Å². The summed E-state index contributed by atoms with van der Waals surface area (Å²) < 4.78 is 0. The SMILES string of the molecule is O[C@@H]1CCN[C@@H]2CCCC[C@@H]12. The average Bonchev–Trinajstić information content (AvgIpc) is 2.06. The molecule has 0 aromatic rings. The van der Waals surface area contributed by atoms with Gasteiger partial charge in [0, 0.05) is 12.0 Å². The lowest BCUT2D eigenvalue weighted by Gasteiger charge is -2.39. The van der Waals surface area contributed by atoms with Crippen LogP contribution in [0.25, 0.3) is 0 Å². The standard InChI is InChI=1S/C9H17NO/c11-9-5-6-10-8-4-2-1-3-7(8)9/h7-11H,1-6H2/t7-,8-,9-/m1/s1. The first kappa shape index (κ1) is 7.56. The van der Waals surface area contributed by atoms with Crippen LogP contribution in [0.15, 0.2) is 0 Å². The van der Waals surface area contributed by atoms with Crippen molar-refractivity contribution in [3.63, 3.8) is 0 Å². The molecule has 0 bridgehead atoms. The number of aliphatic hydroxyl groups excluding tert-OH is 1. The summed E-state index contributed by atoms with van der Waals surface area (Å²) in [4.78, 5) is 0. The molecule has 0 unspecified atom stereocenters. The molecule has 0 amide bonds. The van der Waals surface area contributed by atoms with E-state index in [0.29, 0.717) is 12.0 Å². The fraction of sp³-hybridized carbons (Fsp3) is 1.00. The Hall–Kier alpha value is -0.0800. The highest BCUT2D eigenvalue weighted by atomic mass is 16.3. The van der Waals surface area contributed by atoms with Gasteiger partial charge in [-0.2, -0.15) is 0 Å². The van der Waals surface area contributed by atoms with Crippen molar-refractivity contribution in [2.45, 2.75) is 44.2 Å². The second-order valence-electron chi connectivity index (χ2n) is 3.86. The van der Waals surface area contributed by atoms with Crippen molar-refractivity contribution in [1.29, 1.82) is 0 Å². The highest BCUT2D eigenvalue weighted by Gasteiger charge is 2.33.